The van der Waals surface area contributed by atoms with Crippen molar-refractivity contribution < 1.29 is 19.1 Å². The maximum atomic E-state index is 12.7. The highest BCUT2D eigenvalue weighted by molar-refractivity contribution is 5.90. The van der Waals surface area contributed by atoms with Gasteiger partial charge in [-0.1, -0.05) is 58.0 Å². The van der Waals surface area contributed by atoms with Gasteiger partial charge in [-0.2, -0.15) is 0 Å². The second kappa shape index (κ2) is 11.4. The van der Waals surface area contributed by atoms with E-state index >= 15 is 0 Å². The Hall–Kier alpha value is -2.37. The van der Waals surface area contributed by atoms with Gasteiger partial charge in [0.05, 0.1) is 6.61 Å². The maximum Gasteiger partial charge on any atom is 0.328 e. The molecule has 0 bridgehead atoms. The van der Waals surface area contributed by atoms with E-state index in [9.17, 15) is 14.4 Å². The topological polar surface area (TPSA) is 84.5 Å². The molecule has 0 fully saturated rings. The second-order valence-electron chi connectivity index (χ2n) is 7.66. The lowest BCUT2D eigenvalue weighted by Gasteiger charge is -2.21. The van der Waals surface area contributed by atoms with E-state index in [1.807, 2.05) is 58.0 Å². The van der Waals surface area contributed by atoms with E-state index < -0.39 is 24.0 Å². The molecule has 6 heteroatoms. The Kier molecular flexibility index (Phi) is 9.54. The zero-order valence-electron chi connectivity index (χ0n) is 17.0. The minimum absolute atomic E-state index is 0.184. The van der Waals surface area contributed by atoms with Crippen molar-refractivity contribution in [3.63, 3.8) is 0 Å². The zero-order valence-corrected chi connectivity index (χ0v) is 17.0. The molecular weight excluding hydrogens is 344 g/mol. The summed E-state index contributed by atoms with van der Waals surface area (Å²) in [5.74, 6) is -0.654. The summed E-state index contributed by atoms with van der Waals surface area (Å²) in [5, 5.41) is 5.44. The number of hydrogen-bond acceptors (Lipinski definition) is 4. The van der Waals surface area contributed by atoms with Crippen LogP contribution in [0.3, 0.4) is 0 Å². The van der Waals surface area contributed by atoms with E-state index in [1.165, 1.54) is 0 Å². The van der Waals surface area contributed by atoms with Crippen molar-refractivity contribution in [3.8, 4) is 0 Å². The van der Waals surface area contributed by atoms with Crippen LogP contribution in [-0.2, 0) is 25.5 Å². The SMILES string of the molecule is CC(C)COC(=O)[C@H](C)NC(=O)[C@H](Cc1ccccc1)NC(=O)CC(C)C. The van der Waals surface area contributed by atoms with Crippen molar-refractivity contribution in [2.24, 2.45) is 11.8 Å². The number of esters is 1. The molecule has 1 aromatic rings. The molecule has 1 rings (SSSR count). The Labute approximate surface area is 162 Å². The Morgan fingerprint density at radius 1 is 0.926 bits per heavy atom. The predicted molar refractivity (Wildman–Crippen MR) is 105 cm³/mol. The summed E-state index contributed by atoms with van der Waals surface area (Å²) in [6, 6.07) is 7.92. The zero-order chi connectivity index (χ0) is 20.4. The Morgan fingerprint density at radius 3 is 2.11 bits per heavy atom. The van der Waals surface area contributed by atoms with Crippen LogP contribution in [0.25, 0.3) is 0 Å². The van der Waals surface area contributed by atoms with Gasteiger partial charge >= 0.3 is 5.97 Å². The first-order valence-corrected chi connectivity index (χ1v) is 9.49. The first kappa shape index (κ1) is 22.7. The number of ether oxygens (including phenoxy) is 1. The number of amides is 2. The molecule has 0 saturated heterocycles. The molecule has 2 N–H and O–H groups in total. The van der Waals surface area contributed by atoms with Crippen LogP contribution in [-0.4, -0.2) is 36.5 Å². The molecular formula is C21H32N2O4. The summed E-state index contributed by atoms with van der Waals surface area (Å²) in [7, 11) is 0. The quantitative estimate of drug-likeness (QED) is 0.615. The van der Waals surface area contributed by atoms with Crippen LogP contribution in [0.2, 0.25) is 0 Å². The van der Waals surface area contributed by atoms with Gasteiger partial charge in [-0.25, -0.2) is 4.79 Å². The summed E-state index contributed by atoms with van der Waals surface area (Å²) in [6.07, 6.45) is 0.689. The molecule has 0 aliphatic rings. The maximum absolute atomic E-state index is 12.7. The number of rotatable bonds is 10. The van der Waals surface area contributed by atoms with E-state index in [4.69, 9.17) is 4.74 Å². The minimum atomic E-state index is -0.781. The number of nitrogens with one attached hydrogen (secondary N) is 2. The molecule has 150 valence electrons. The molecule has 6 nitrogen and oxygen atoms in total. The van der Waals surface area contributed by atoms with Gasteiger partial charge in [0.1, 0.15) is 12.1 Å². The van der Waals surface area contributed by atoms with Gasteiger partial charge in [0.15, 0.2) is 0 Å². The highest BCUT2D eigenvalue weighted by atomic mass is 16.5. The van der Waals surface area contributed by atoms with Gasteiger partial charge < -0.3 is 15.4 Å². The fourth-order valence-corrected chi connectivity index (χ4v) is 2.43. The molecule has 0 saturated carbocycles. The molecule has 0 aliphatic heterocycles. The molecule has 1 aromatic carbocycles. The van der Waals surface area contributed by atoms with Crippen LogP contribution in [0, 0.1) is 11.8 Å². The molecule has 0 aromatic heterocycles. The highest BCUT2D eigenvalue weighted by Crippen LogP contribution is 2.06. The lowest BCUT2D eigenvalue weighted by molar-refractivity contribution is -0.148. The Balaban J connectivity index is 2.76. The first-order chi connectivity index (χ1) is 12.7. The number of carbonyl (C=O) groups is 3. The predicted octanol–water partition coefficient (Wildman–Crippen LogP) is 2.46. The molecule has 2 atom stereocenters. The number of hydrogen-bond donors (Lipinski definition) is 2. The molecule has 0 spiro atoms. The molecule has 0 heterocycles. The van der Waals surface area contributed by atoms with Gasteiger partial charge in [0, 0.05) is 12.8 Å². The Bertz CT molecular complexity index is 614. The van der Waals surface area contributed by atoms with Gasteiger partial charge in [-0.3, -0.25) is 9.59 Å². The average Bonchev–Trinajstić information content (AvgIpc) is 2.59. The van der Waals surface area contributed by atoms with Crippen LogP contribution < -0.4 is 10.6 Å². The van der Waals surface area contributed by atoms with E-state index in [0.29, 0.717) is 19.4 Å². The van der Waals surface area contributed by atoms with Gasteiger partial charge in [-0.05, 0) is 24.3 Å². The van der Waals surface area contributed by atoms with Crippen LogP contribution in [0.15, 0.2) is 30.3 Å². The third-order valence-corrected chi connectivity index (χ3v) is 3.80. The number of carbonyl (C=O) groups excluding carboxylic acids is 3. The van der Waals surface area contributed by atoms with Crippen molar-refractivity contribution >= 4 is 17.8 Å². The summed E-state index contributed by atoms with van der Waals surface area (Å²) in [5.41, 5.74) is 0.928. The van der Waals surface area contributed by atoms with Gasteiger partial charge in [0.25, 0.3) is 0 Å². The standard InChI is InChI=1S/C21H32N2O4/c1-14(2)11-19(24)23-18(12-17-9-7-6-8-10-17)20(25)22-16(5)21(26)27-13-15(3)4/h6-10,14-16,18H,11-13H2,1-5H3,(H,22,25)(H,23,24)/t16-,18-/m0/s1. The second-order valence-corrected chi connectivity index (χ2v) is 7.66. The fraction of sp³-hybridized carbons (Fsp3) is 0.571. The molecule has 2 amide bonds. The minimum Gasteiger partial charge on any atom is -0.464 e. The normalized spacial score (nSPS) is 13.1. The first-order valence-electron chi connectivity index (χ1n) is 9.49. The van der Waals surface area contributed by atoms with E-state index in [2.05, 4.69) is 10.6 Å². The summed E-state index contributed by atoms with van der Waals surface area (Å²) in [6.45, 7) is 9.65. The third kappa shape index (κ3) is 9.22. The number of benzene rings is 1. The monoisotopic (exact) mass is 376 g/mol. The van der Waals surface area contributed by atoms with Crippen LogP contribution in [0.1, 0.15) is 46.6 Å². The average molecular weight is 376 g/mol. The van der Waals surface area contributed by atoms with Crippen LogP contribution in [0.4, 0.5) is 0 Å². The van der Waals surface area contributed by atoms with Crippen molar-refractivity contribution in [3.05, 3.63) is 35.9 Å². The molecule has 0 unspecified atom stereocenters. The molecule has 0 aliphatic carbocycles. The van der Waals surface area contributed by atoms with Crippen molar-refractivity contribution in [2.75, 3.05) is 6.61 Å². The van der Waals surface area contributed by atoms with Gasteiger partial charge in [0.2, 0.25) is 11.8 Å². The van der Waals surface area contributed by atoms with Crippen LogP contribution in [0.5, 0.6) is 0 Å². The van der Waals surface area contributed by atoms with Crippen molar-refractivity contribution in [1.82, 2.24) is 10.6 Å². The van der Waals surface area contributed by atoms with Crippen molar-refractivity contribution in [2.45, 2.75) is 59.5 Å². The van der Waals surface area contributed by atoms with E-state index in [-0.39, 0.29) is 17.7 Å². The highest BCUT2D eigenvalue weighted by Gasteiger charge is 2.25. The third-order valence-electron chi connectivity index (χ3n) is 3.80. The fourth-order valence-electron chi connectivity index (χ4n) is 2.43. The smallest absolute Gasteiger partial charge is 0.328 e. The van der Waals surface area contributed by atoms with E-state index in [0.717, 1.165) is 5.56 Å². The Morgan fingerprint density at radius 2 is 1.56 bits per heavy atom. The van der Waals surface area contributed by atoms with Crippen LogP contribution >= 0.6 is 0 Å². The molecule has 27 heavy (non-hydrogen) atoms. The largest absolute Gasteiger partial charge is 0.464 e. The molecule has 0 radical (unpaired) electrons. The van der Waals surface area contributed by atoms with Gasteiger partial charge in [-0.15, -0.1) is 0 Å². The van der Waals surface area contributed by atoms with Crippen molar-refractivity contribution in [1.29, 1.82) is 0 Å². The lowest BCUT2D eigenvalue weighted by atomic mass is 10.0. The summed E-state index contributed by atoms with van der Waals surface area (Å²) >= 11 is 0. The lowest BCUT2D eigenvalue weighted by Crippen LogP contribution is -2.52. The van der Waals surface area contributed by atoms with E-state index in [1.54, 1.807) is 6.92 Å². The summed E-state index contributed by atoms with van der Waals surface area (Å²) in [4.78, 5) is 36.9. The summed E-state index contributed by atoms with van der Waals surface area (Å²) < 4.78 is 5.16.